The van der Waals surface area contributed by atoms with Crippen LogP contribution in [0.25, 0.3) is 6.08 Å². The molecule has 0 spiro atoms. The first-order valence-electron chi connectivity index (χ1n) is 6.73. The van der Waals surface area contributed by atoms with Crippen molar-refractivity contribution in [1.82, 2.24) is 5.32 Å². The molecule has 0 aromatic heterocycles. The van der Waals surface area contributed by atoms with E-state index in [1.54, 1.807) is 30.0 Å². The van der Waals surface area contributed by atoms with Crippen LogP contribution in [0.2, 0.25) is 0 Å². The molecule has 1 amide bonds. The summed E-state index contributed by atoms with van der Waals surface area (Å²) in [4.78, 5) is 22.8. The predicted molar refractivity (Wildman–Crippen MR) is 87.7 cm³/mol. The van der Waals surface area contributed by atoms with Crippen LogP contribution in [0.1, 0.15) is 28.4 Å². The van der Waals surface area contributed by atoms with Crippen molar-refractivity contribution >= 4 is 29.7 Å². The van der Waals surface area contributed by atoms with Crippen molar-refractivity contribution < 1.29 is 14.7 Å². The minimum absolute atomic E-state index is 0.119. The number of carbonyl (C=O) groups is 2. The maximum Gasteiger partial charge on any atom is 0.328 e. The highest BCUT2D eigenvalue weighted by atomic mass is 32.2. The van der Waals surface area contributed by atoms with Gasteiger partial charge in [-0.3, -0.25) is 4.79 Å². The third-order valence-electron chi connectivity index (χ3n) is 3.09. The van der Waals surface area contributed by atoms with E-state index in [1.807, 2.05) is 13.2 Å². The molecule has 0 saturated heterocycles. The Morgan fingerprint density at radius 2 is 2.14 bits per heavy atom. The van der Waals surface area contributed by atoms with Crippen LogP contribution in [0, 0.1) is 12.8 Å². The Hall–Kier alpha value is -1.75. The van der Waals surface area contributed by atoms with Crippen molar-refractivity contribution in [2.24, 2.45) is 5.92 Å². The number of benzene rings is 1. The quantitative estimate of drug-likeness (QED) is 0.760. The highest BCUT2D eigenvalue weighted by Crippen LogP contribution is 2.15. The second-order valence-electron chi connectivity index (χ2n) is 4.96. The molecule has 0 aliphatic heterocycles. The van der Waals surface area contributed by atoms with Gasteiger partial charge in [0.15, 0.2) is 0 Å². The Balaban J connectivity index is 2.81. The predicted octanol–water partition coefficient (Wildman–Crippen LogP) is 2.82. The topological polar surface area (TPSA) is 66.4 Å². The molecule has 0 aliphatic carbocycles. The fourth-order valence-corrected chi connectivity index (χ4v) is 2.63. The van der Waals surface area contributed by atoms with Crippen LogP contribution in [0.5, 0.6) is 0 Å². The lowest BCUT2D eigenvalue weighted by molar-refractivity contribution is -0.131. The second kappa shape index (κ2) is 8.52. The van der Waals surface area contributed by atoms with Gasteiger partial charge in [0, 0.05) is 18.2 Å². The largest absolute Gasteiger partial charge is 0.478 e. The van der Waals surface area contributed by atoms with E-state index in [1.165, 1.54) is 6.08 Å². The maximum absolute atomic E-state index is 12.2. The Morgan fingerprint density at radius 1 is 1.43 bits per heavy atom. The van der Waals surface area contributed by atoms with Gasteiger partial charge in [-0.15, -0.1) is 0 Å². The summed E-state index contributed by atoms with van der Waals surface area (Å²) in [6.45, 7) is 4.55. The van der Waals surface area contributed by atoms with Crippen LogP contribution in [-0.2, 0) is 4.79 Å². The highest BCUT2D eigenvalue weighted by molar-refractivity contribution is 7.98. The van der Waals surface area contributed by atoms with Crippen molar-refractivity contribution in [3.8, 4) is 0 Å². The Bertz CT molecular complexity index is 540. The summed E-state index contributed by atoms with van der Waals surface area (Å²) < 4.78 is 0. The molecule has 0 fully saturated rings. The van der Waals surface area contributed by atoms with E-state index in [9.17, 15) is 9.59 Å². The first kappa shape index (κ1) is 17.3. The van der Waals surface area contributed by atoms with Gasteiger partial charge < -0.3 is 10.4 Å². The smallest absolute Gasteiger partial charge is 0.328 e. The van der Waals surface area contributed by atoms with Gasteiger partial charge in [0.1, 0.15) is 0 Å². The van der Waals surface area contributed by atoms with Crippen molar-refractivity contribution in [3.05, 3.63) is 41.0 Å². The zero-order chi connectivity index (χ0) is 15.8. The van der Waals surface area contributed by atoms with Crippen LogP contribution >= 0.6 is 11.8 Å². The van der Waals surface area contributed by atoms with E-state index >= 15 is 0 Å². The lowest BCUT2D eigenvalue weighted by atomic mass is 10.0. The number of nitrogens with one attached hydrogen (secondary N) is 1. The molecule has 1 aromatic rings. The van der Waals surface area contributed by atoms with Gasteiger partial charge in [-0.2, -0.15) is 11.8 Å². The average Bonchev–Trinajstić information content (AvgIpc) is 2.44. The molecule has 1 atom stereocenters. The lowest BCUT2D eigenvalue weighted by Gasteiger charge is -2.13. The molecule has 114 valence electrons. The van der Waals surface area contributed by atoms with Gasteiger partial charge in [-0.05, 0) is 48.1 Å². The number of hydrogen-bond donors (Lipinski definition) is 2. The van der Waals surface area contributed by atoms with E-state index in [4.69, 9.17) is 5.11 Å². The number of thioether (sulfide) groups is 1. The number of rotatable bonds is 7. The summed E-state index contributed by atoms with van der Waals surface area (Å²) in [5, 5.41) is 11.6. The van der Waals surface area contributed by atoms with Crippen LogP contribution in [-0.4, -0.2) is 35.5 Å². The van der Waals surface area contributed by atoms with E-state index in [2.05, 4.69) is 12.2 Å². The van der Waals surface area contributed by atoms with E-state index in [-0.39, 0.29) is 5.91 Å². The molecule has 1 rings (SSSR count). The average molecular weight is 307 g/mol. The standard InChI is InChI=1S/C16H21NO3S/c1-11(10-21-3)9-17-16(20)14-6-4-5-13(12(14)2)7-8-15(18)19/h4-8,11H,9-10H2,1-3H3,(H,17,20)(H,18,19). The number of carbonyl (C=O) groups excluding carboxylic acids is 1. The SMILES string of the molecule is CSCC(C)CNC(=O)c1cccc(C=CC(=O)O)c1C. The molecule has 5 heteroatoms. The van der Waals surface area contributed by atoms with Gasteiger partial charge in [0.25, 0.3) is 5.91 Å². The Labute approximate surface area is 129 Å². The van der Waals surface area contributed by atoms with Crippen LogP contribution in [0.15, 0.2) is 24.3 Å². The third kappa shape index (κ3) is 5.63. The third-order valence-corrected chi connectivity index (χ3v) is 3.99. The number of aliphatic carboxylic acids is 1. The summed E-state index contributed by atoms with van der Waals surface area (Å²) in [5.41, 5.74) is 2.10. The summed E-state index contributed by atoms with van der Waals surface area (Å²) in [6, 6.07) is 5.30. The highest BCUT2D eigenvalue weighted by Gasteiger charge is 2.11. The zero-order valence-corrected chi connectivity index (χ0v) is 13.4. The molecular formula is C16H21NO3S. The molecule has 2 N–H and O–H groups in total. The minimum Gasteiger partial charge on any atom is -0.478 e. The summed E-state index contributed by atoms with van der Waals surface area (Å²) in [5.74, 6) is 0.293. The number of carboxylic acids is 1. The molecule has 1 unspecified atom stereocenters. The van der Waals surface area contributed by atoms with Crippen molar-refractivity contribution in [2.45, 2.75) is 13.8 Å². The fourth-order valence-electron chi connectivity index (χ4n) is 1.95. The van der Waals surface area contributed by atoms with Gasteiger partial charge in [-0.1, -0.05) is 19.1 Å². The Morgan fingerprint density at radius 3 is 2.76 bits per heavy atom. The molecule has 0 radical (unpaired) electrons. The van der Waals surface area contributed by atoms with Gasteiger partial charge in [0.05, 0.1) is 0 Å². The molecule has 0 bridgehead atoms. The maximum atomic E-state index is 12.2. The first-order valence-corrected chi connectivity index (χ1v) is 8.12. The number of carboxylic acid groups (broad SMARTS) is 1. The van der Waals surface area contributed by atoms with Crippen LogP contribution in [0.3, 0.4) is 0 Å². The van der Waals surface area contributed by atoms with Crippen LogP contribution < -0.4 is 5.32 Å². The number of amides is 1. The first-order chi connectivity index (χ1) is 9.95. The molecule has 0 aliphatic rings. The normalized spacial score (nSPS) is 12.3. The molecule has 21 heavy (non-hydrogen) atoms. The molecular weight excluding hydrogens is 286 g/mol. The minimum atomic E-state index is -1.00. The van der Waals surface area contributed by atoms with Crippen molar-refractivity contribution in [1.29, 1.82) is 0 Å². The zero-order valence-electron chi connectivity index (χ0n) is 12.6. The van der Waals surface area contributed by atoms with Gasteiger partial charge in [0.2, 0.25) is 0 Å². The van der Waals surface area contributed by atoms with E-state index < -0.39 is 5.97 Å². The second-order valence-corrected chi connectivity index (χ2v) is 5.87. The van der Waals surface area contributed by atoms with Crippen molar-refractivity contribution in [3.63, 3.8) is 0 Å². The molecule has 0 heterocycles. The fraction of sp³-hybridized carbons (Fsp3) is 0.375. The summed E-state index contributed by atoms with van der Waals surface area (Å²) in [7, 11) is 0. The summed E-state index contributed by atoms with van der Waals surface area (Å²) >= 11 is 1.76. The van der Waals surface area contributed by atoms with Gasteiger partial charge in [-0.25, -0.2) is 4.79 Å². The number of hydrogen-bond acceptors (Lipinski definition) is 3. The van der Waals surface area contributed by atoms with E-state index in [0.29, 0.717) is 18.0 Å². The van der Waals surface area contributed by atoms with Crippen LogP contribution in [0.4, 0.5) is 0 Å². The molecule has 4 nitrogen and oxygen atoms in total. The monoisotopic (exact) mass is 307 g/mol. The lowest BCUT2D eigenvalue weighted by Crippen LogP contribution is -2.29. The Kier molecular flexibility index (Phi) is 7.02. The van der Waals surface area contributed by atoms with E-state index in [0.717, 1.165) is 23.0 Å². The van der Waals surface area contributed by atoms with Gasteiger partial charge >= 0.3 is 5.97 Å². The molecule has 1 aromatic carbocycles. The summed E-state index contributed by atoms with van der Waals surface area (Å²) in [6.07, 6.45) is 4.62. The molecule has 0 saturated carbocycles. The van der Waals surface area contributed by atoms with Crippen molar-refractivity contribution in [2.75, 3.05) is 18.6 Å².